The van der Waals surface area contributed by atoms with E-state index in [1.807, 2.05) is 0 Å². The summed E-state index contributed by atoms with van der Waals surface area (Å²) < 4.78 is 5.02. The van der Waals surface area contributed by atoms with Crippen LogP contribution in [0, 0.1) is 11.8 Å². The van der Waals surface area contributed by atoms with Crippen molar-refractivity contribution in [2.24, 2.45) is 11.8 Å². The lowest BCUT2D eigenvalue weighted by Crippen LogP contribution is -2.45. The minimum Gasteiger partial charge on any atom is -0.383 e. The van der Waals surface area contributed by atoms with Crippen LogP contribution in [0.15, 0.2) is 0 Å². The summed E-state index contributed by atoms with van der Waals surface area (Å²) in [5.41, 5.74) is 0. The van der Waals surface area contributed by atoms with Crippen molar-refractivity contribution in [2.45, 2.75) is 6.92 Å². The van der Waals surface area contributed by atoms with Crippen molar-refractivity contribution in [1.82, 2.24) is 15.1 Å². The molecule has 1 aliphatic rings. The van der Waals surface area contributed by atoms with Gasteiger partial charge in [0.25, 0.3) is 0 Å². The summed E-state index contributed by atoms with van der Waals surface area (Å²) in [5.74, 6) is 0.256. The Bertz CT molecular complexity index is 320. The Hall–Kier alpha value is -1.14. The van der Waals surface area contributed by atoms with E-state index in [2.05, 4.69) is 12.2 Å². The van der Waals surface area contributed by atoms with E-state index < -0.39 is 0 Å². The molecule has 1 heterocycles. The van der Waals surface area contributed by atoms with Gasteiger partial charge in [-0.15, -0.1) is 0 Å². The van der Waals surface area contributed by atoms with Gasteiger partial charge in [0.2, 0.25) is 11.8 Å². The number of hydrogen-bond acceptors (Lipinski definition) is 4. The molecule has 110 valence electrons. The number of likely N-dealkylation sites (N-methyl/N-ethyl adjacent to an activating group) is 1. The number of rotatable bonds is 6. The molecule has 1 N–H and O–H groups in total. The lowest BCUT2D eigenvalue weighted by atomic mass is 9.96. The number of carbonyl (C=O) groups excluding carboxylic acids is 2. The first-order chi connectivity index (χ1) is 8.97. The van der Waals surface area contributed by atoms with Crippen LogP contribution in [-0.2, 0) is 14.3 Å². The molecule has 1 rings (SSSR count). The number of nitrogens with one attached hydrogen (secondary N) is 1. The van der Waals surface area contributed by atoms with Gasteiger partial charge in [0.15, 0.2) is 0 Å². The molecule has 0 aromatic carbocycles. The predicted molar refractivity (Wildman–Crippen MR) is 72.7 cm³/mol. The van der Waals surface area contributed by atoms with E-state index in [0.29, 0.717) is 25.6 Å². The smallest absolute Gasteiger partial charge is 0.241 e. The predicted octanol–water partition coefficient (Wildman–Crippen LogP) is -0.595. The van der Waals surface area contributed by atoms with Crippen molar-refractivity contribution in [2.75, 3.05) is 54.0 Å². The zero-order valence-electron chi connectivity index (χ0n) is 12.3. The molecule has 0 spiro atoms. The summed E-state index contributed by atoms with van der Waals surface area (Å²) in [6.45, 7) is 4.64. The highest BCUT2D eigenvalue weighted by Crippen LogP contribution is 2.18. The van der Waals surface area contributed by atoms with E-state index in [9.17, 15) is 9.59 Å². The van der Waals surface area contributed by atoms with Gasteiger partial charge in [-0.3, -0.25) is 9.59 Å². The molecule has 19 heavy (non-hydrogen) atoms. The Balaban J connectivity index is 2.66. The fourth-order valence-corrected chi connectivity index (χ4v) is 2.15. The van der Waals surface area contributed by atoms with Crippen LogP contribution in [0.5, 0.6) is 0 Å². The summed E-state index contributed by atoms with van der Waals surface area (Å²) in [6, 6.07) is 0. The normalized spacial score (nSPS) is 22.3. The summed E-state index contributed by atoms with van der Waals surface area (Å²) in [6.07, 6.45) is 0. The maximum atomic E-state index is 12.5. The maximum Gasteiger partial charge on any atom is 0.241 e. The molecular weight excluding hydrogens is 246 g/mol. The fraction of sp³-hybridized carbons (Fsp3) is 0.846. The van der Waals surface area contributed by atoms with Gasteiger partial charge in [-0.2, -0.15) is 0 Å². The first-order valence-electron chi connectivity index (χ1n) is 6.66. The van der Waals surface area contributed by atoms with Gasteiger partial charge in [0.1, 0.15) is 0 Å². The van der Waals surface area contributed by atoms with Crippen LogP contribution in [0.1, 0.15) is 6.92 Å². The van der Waals surface area contributed by atoms with Gasteiger partial charge in [-0.05, 0) is 12.5 Å². The Morgan fingerprint density at radius 2 is 2.00 bits per heavy atom. The standard InChI is InChI=1S/C13H25N3O3/c1-10-7-14-8-11(10)13(18)16(5-6-19-4)9-12(17)15(2)3/h10-11,14H,5-9H2,1-4H3. The third kappa shape index (κ3) is 4.47. The van der Waals surface area contributed by atoms with Gasteiger partial charge in [0.05, 0.1) is 19.1 Å². The average Bonchev–Trinajstić information content (AvgIpc) is 2.79. The molecule has 2 atom stereocenters. The van der Waals surface area contributed by atoms with Crippen LogP contribution < -0.4 is 5.32 Å². The van der Waals surface area contributed by atoms with Gasteiger partial charge in [0, 0.05) is 34.3 Å². The zero-order valence-corrected chi connectivity index (χ0v) is 12.3. The molecule has 2 unspecified atom stereocenters. The monoisotopic (exact) mass is 271 g/mol. The second-order valence-corrected chi connectivity index (χ2v) is 5.28. The molecule has 6 nitrogen and oxygen atoms in total. The van der Waals surface area contributed by atoms with Crippen LogP contribution in [0.2, 0.25) is 0 Å². The Morgan fingerprint density at radius 1 is 1.32 bits per heavy atom. The van der Waals surface area contributed by atoms with Crippen molar-refractivity contribution in [3.63, 3.8) is 0 Å². The van der Waals surface area contributed by atoms with Gasteiger partial charge >= 0.3 is 0 Å². The molecule has 1 saturated heterocycles. The highest BCUT2D eigenvalue weighted by atomic mass is 16.5. The molecule has 6 heteroatoms. The molecule has 0 radical (unpaired) electrons. The van der Waals surface area contributed by atoms with E-state index in [-0.39, 0.29) is 24.3 Å². The summed E-state index contributed by atoms with van der Waals surface area (Å²) in [5, 5.41) is 3.22. The molecule has 0 aliphatic carbocycles. The molecule has 2 amide bonds. The van der Waals surface area contributed by atoms with Crippen molar-refractivity contribution in [3.8, 4) is 0 Å². The largest absolute Gasteiger partial charge is 0.383 e. The molecule has 0 bridgehead atoms. The molecule has 0 aromatic heterocycles. The van der Waals surface area contributed by atoms with Crippen LogP contribution in [0.25, 0.3) is 0 Å². The van der Waals surface area contributed by atoms with Gasteiger partial charge in [-0.1, -0.05) is 6.92 Å². The average molecular weight is 271 g/mol. The van der Waals surface area contributed by atoms with Crippen molar-refractivity contribution in [3.05, 3.63) is 0 Å². The number of amides is 2. The van der Waals surface area contributed by atoms with E-state index in [0.717, 1.165) is 6.54 Å². The number of hydrogen-bond donors (Lipinski definition) is 1. The quantitative estimate of drug-likeness (QED) is 0.701. The zero-order chi connectivity index (χ0) is 14.4. The molecule has 1 fully saturated rings. The van der Waals surface area contributed by atoms with Crippen LogP contribution >= 0.6 is 0 Å². The molecule has 0 aromatic rings. The Morgan fingerprint density at radius 3 is 2.47 bits per heavy atom. The summed E-state index contributed by atoms with van der Waals surface area (Å²) in [4.78, 5) is 27.4. The van der Waals surface area contributed by atoms with E-state index >= 15 is 0 Å². The number of ether oxygens (including phenoxy) is 1. The highest BCUT2D eigenvalue weighted by Gasteiger charge is 2.33. The summed E-state index contributed by atoms with van der Waals surface area (Å²) >= 11 is 0. The SMILES string of the molecule is COCCN(CC(=O)N(C)C)C(=O)C1CNCC1C. The minimum absolute atomic E-state index is 0.0354. The van der Waals surface area contributed by atoms with E-state index in [1.54, 1.807) is 26.1 Å². The first kappa shape index (κ1) is 15.9. The van der Waals surface area contributed by atoms with Gasteiger partial charge < -0.3 is 19.9 Å². The van der Waals surface area contributed by atoms with Crippen molar-refractivity contribution < 1.29 is 14.3 Å². The highest BCUT2D eigenvalue weighted by molar-refractivity contribution is 5.86. The summed E-state index contributed by atoms with van der Waals surface area (Å²) in [7, 11) is 4.98. The third-order valence-electron chi connectivity index (χ3n) is 3.54. The first-order valence-corrected chi connectivity index (χ1v) is 6.66. The third-order valence-corrected chi connectivity index (χ3v) is 3.54. The Labute approximate surface area is 115 Å². The lowest BCUT2D eigenvalue weighted by Gasteiger charge is -2.27. The fourth-order valence-electron chi connectivity index (χ4n) is 2.15. The van der Waals surface area contributed by atoms with Gasteiger partial charge in [-0.25, -0.2) is 0 Å². The minimum atomic E-state index is -0.0666. The Kier molecular flexibility index (Phi) is 6.24. The number of methoxy groups -OCH3 is 1. The van der Waals surface area contributed by atoms with E-state index in [1.165, 1.54) is 4.90 Å². The lowest BCUT2D eigenvalue weighted by molar-refractivity contribution is -0.142. The maximum absolute atomic E-state index is 12.5. The second-order valence-electron chi connectivity index (χ2n) is 5.28. The van der Waals surface area contributed by atoms with Crippen molar-refractivity contribution >= 4 is 11.8 Å². The second kappa shape index (κ2) is 7.45. The molecule has 1 aliphatic heterocycles. The van der Waals surface area contributed by atoms with Crippen LogP contribution in [0.4, 0.5) is 0 Å². The van der Waals surface area contributed by atoms with Crippen LogP contribution in [-0.4, -0.2) is 75.6 Å². The van der Waals surface area contributed by atoms with Crippen molar-refractivity contribution in [1.29, 1.82) is 0 Å². The molecule has 0 saturated carbocycles. The number of nitrogens with zero attached hydrogens (tertiary/aromatic N) is 2. The topological polar surface area (TPSA) is 61.9 Å². The van der Waals surface area contributed by atoms with E-state index in [4.69, 9.17) is 4.74 Å². The number of carbonyl (C=O) groups is 2. The molecular formula is C13H25N3O3. The van der Waals surface area contributed by atoms with Crippen LogP contribution in [0.3, 0.4) is 0 Å².